The number of anilines is 1. The predicted molar refractivity (Wildman–Crippen MR) is 133 cm³/mol. The minimum atomic E-state index is -3.86. The van der Waals surface area contributed by atoms with Crippen molar-refractivity contribution in [3.63, 3.8) is 0 Å². The number of rotatable bonds is 6. The van der Waals surface area contributed by atoms with Gasteiger partial charge in [-0.15, -0.1) is 11.3 Å². The van der Waals surface area contributed by atoms with Gasteiger partial charge in [-0.3, -0.25) is 4.72 Å². The lowest BCUT2D eigenvalue weighted by Crippen LogP contribution is -2.13. The third-order valence-electron chi connectivity index (χ3n) is 5.07. The van der Waals surface area contributed by atoms with Crippen molar-refractivity contribution in [2.24, 2.45) is 0 Å². The fourth-order valence-corrected chi connectivity index (χ4v) is 6.63. The summed E-state index contributed by atoms with van der Waals surface area (Å²) >= 11 is 2.82. The van der Waals surface area contributed by atoms with Crippen molar-refractivity contribution in [2.45, 2.75) is 14.1 Å². The van der Waals surface area contributed by atoms with Gasteiger partial charge in [0.2, 0.25) is 0 Å². The molecule has 0 aliphatic carbocycles. The predicted octanol–water partition coefficient (Wildman–Crippen LogP) is 6.12. The molecule has 0 amide bonds. The molecule has 5 aromatic rings. The molecular formula is C24H18N2O4S3. The number of benzene rings is 4. The van der Waals surface area contributed by atoms with Crippen LogP contribution in [0, 0.1) is 0 Å². The Morgan fingerprint density at radius 3 is 2.39 bits per heavy atom. The average Bonchev–Trinajstić information content (AvgIpc) is 3.24. The van der Waals surface area contributed by atoms with Crippen LogP contribution in [0.2, 0.25) is 0 Å². The van der Waals surface area contributed by atoms with E-state index in [9.17, 15) is 13.5 Å². The maximum Gasteiger partial charge on any atom is 0.261 e. The summed E-state index contributed by atoms with van der Waals surface area (Å²) in [5.74, 6) is 0.654. The van der Waals surface area contributed by atoms with Crippen LogP contribution in [0.5, 0.6) is 11.5 Å². The second-order valence-electron chi connectivity index (χ2n) is 7.15. The highest BCUT2D eigenvalue weighted by atomic mass is 32.2. The van der Waals surface area contributed by atoms with Gasteiger partial charge in [-0.1, -0.05) is 48.2 Å². The molecule has 4 aromatic carbocycles. The molecule has 1 aromatic heterocycles. The molecular weight excluding hydrogens is 476 g/mol. The minimum Gasteiger partial charge on any atom is -0.506 e. The first-order valence-electron chi connectivity index (χ1n) is 9.89. The SMILES string of the molecule is COc1ccc(S(=O)(=O)Nc2cc(Sc3nc4ccccc4s3)c(O)c3ccccc23)cc1. The maximum absolute atomic E-state index is 13.1. The van der Waals surface area contributed by atoms with Gasteiger partial charge in [0.25, 0.3) is 10.0 Å². The Hall–Kier alpha value is -3.27. The van der Waals surface area contributed by atoms with Crippen LogP contribution >= 0.6 is 23.1 Å². The van der Waals surface area contributed by atoms with E-state index in [1.807, 2.05) is 24.3 Å². The smallest absolute Gasteiger partial charge is 0.261 e. The normalized spacial score (nSPS) is 11.7. The molecule has 6 nitrogen and oxygen atoms in total. The van der Waals surface area contributed by atoms with Crippen molar-refractivity contribution in [3.05, 3.63) is 78.9 Å². The molecule has 0 fully saturated rings. The van der Waals surface area contributed by atoms with E-state index in [1.54, 1.807) is 42.5 Å². The number of fused-ring (bicyclic) bond motifs is 2. The Kier molecular flexibility index (Phi) is 5.61. The number of phenols is 1. The van der Waals surface area contributed by atoms with Crippen molar-refractivity contribution >= 4 is 59.8 Å². The second kappa shape index (κ2) is 8.58. The largest absolute Gasteiger partial charge is 0.506 e. The van der Waals surface area contributed by atoms with Crippen molar-refractivity contribution in [1.82, 2.24) is 4.98 Å². The van der Waals surface area contributed by atoms with Crippen LogP contribution in [0.25, 0.3) is 21.0 Å². The molecule has 5 rings (SSSR count). The van der Waals surface area contributed by atoms with E-state index in [2.05, 4.69) is 9.71 Å². The van der Waals surface area contributed by atoms with E-state index in [4.69, 9.17) is 4.74 Å². The highest BCUT2D eigenvalue weighted by molar-refractivity contribution is 8.01. The number of phenolic OH excluding ortho intramolecular Hbond substituents is 1. The van der Waals surface area contributed by atoms with E-state index < -0.39 is 10.0 Å². The van der Waals surface area contributed by atoms with E-state index >= 15 is 0 Å². The molecule has 33 heavy (non-hydrogen) atoms. The Labute approximate surface area is 198 Å². The maximum atomic E-state index is 13.1. The lowest BCUT2D eigenvalue weighted by Gasteiger charge is -2.14. The van der Waals surface area contributed by atoms with Crippen molar-refractivity contribution < 1.29 is 18.3 Å². The third kappa shape index (κ3) is 4.22. The molecule has 0 atom stereocenters. The van der Waals surface area contributed by atoms with Crippen LogP contribution in [0.1, 0.15) is 0 Å². The summed E-state index contributed by atoms with van der Waals surface area (Å²) < 4.78 is 35.8. The summed E-state index contributed by atoms with van der Waals surface area (Å²) in [6, 6.07) is 22.8. The third-order valence-corrected chi connectivity index (χ3v) is 8.58. The standard InChI is InChI=1S/C24H18N2O4S3/c1-30-15-10-12-16(13-11-15)33(28,29)26-20-14-22(23(27)18-7-3-2-6-17(18)20)32-24-25-19-8-4-5-9-21(19)31-24/h2-14,26-27H,1H3. The molecule has 0 spiro atoms. The molecule has 0 radical (unpaired) electrons. The molecule has 2 N–H and O–H groups in total. The van der Waals surface area contributed by atoms with Gasteiger partial charge < -0.3 is 9.84 Å². The minimum absolute atomic E-state index is 0.0854. The molecule has 166 valence electrons. The van der Waals surface area contributed by atoms with E-state index in [0.717, 1.165) is 14.6 Å². The van der Waals surface area contributed by atoms with Crippen LogP contribution in [0.3, 0.4) is 0 Å². The summed E-state index contributed by atoms with van der Waals surface area (Å²) in [6.07, 6.45) is 0. The van der Waals surface area contributed by atoms with Gasteiger partial charge >= 0.3 is 0 Å². The van der Waals surface area contributed by atoms with Crippen molar-refractivity contribution in [3.8, 4) is 11.5 Å². The van der Waals surface area contributed by atoms with Gasteiger partial charge in [-0.25, -0.2) is 13.4 Å². The van der Waals surface area contributed by atoms with Crippen molar-refractivity contribution in [2.75, 3.05) is 11.8 Å². The number of ether oxygens (including phenoxy) is 1. The number of methoxy groups -OCH3 is 1. The van der Waals surface area contributed by atoms with Gasteiger partial charge in [-0.2, -0.15) is 0 Å². The number of hydrogen-bond donors (Lipinski definition) is 2. The highest BCUT2D eigenvalue weighted by Crippen LogP contribution is 2.44. The fourth-order valence-electron chi connectivity index (χ4n) is 3.44. The fraction of sp³-hybridized carbons (Fsp3) is 0.0417. The first-order valence-corrected chi connectivity index (χ1v) is 13.0. The van der Waals surface area contributed by atoms with Crippen LogP contribution in [-0.2, 0) is 10.0 Å². The number of aromatic nitrogens is 1. The van der Waals surface area contributed by atoms with Gasteiger partial charge in [0.1, 0.15) is 11.5 Å². The zero-order chi connectivity index (χ0) is 23.0. The Morgan fingerprint density at radius 1 is 0.970 bits per heavy atom. The lowest BCUT2D eigenvalue weighted by atomic mass is 10.1. The van der Waals surface area contributed by atoms with E-state index in [0.29, 0.717) is 27.1 Å². The van der Waals surface area contributed by atoms with Gasteiger partial charge in [-0.05, 0) is 42.5 Å². The highest BCUT2D eigenvalue weighted by Gasteiger charge is 2.19. The molecule has 0 bridgehead atoms. The topological polar surface area (TPSA) is 88.5 Å². The Morgan fingerprint density at radius 2 is 1.67 bits per heavy atom. The summed E-state index contributed by atoms with van der Waals surface area (Å²) in [4.78, 5) is 5.24. The molecule has 0 saturated carbocycles. The van der Waals surface area contributed by atoms with Gasteiger partial charge in [0.15, 0.2) is 4.34 Å². The van der Waals surface area contributed by atoms with E-state index in [-0.39, 0.29) is 10.6 Å². The molecule has 0 aliphatic rings. The number of sulfonamides is 1. The molecule has 0 unspecified atom stereocenters. The summed E-state index contributed by atoms with van der Waals surface area (Å²) in [6.45, 7) is 0. The second-order valence-corrected chi connectivity index (χ2v) is 11.1. The van der Waals surface area contributed by atoms with Crippen LogP contribution in [-0.4, -0.2) is 25.6 Å². The Balaban J connectivity index is 1.57. The van der Waals surface area contributed by atoms with Crippen LogP contribution in [0.15, 0.2) is 93.0 Å². The molecule has 9 heteroatoms. The number of para-hydroxylation sites is 1. The number of aromatic hydroxyl groups is 1. The first-order chi connectivity index (χ1) is 15.9. The zero-order valence-electron chi connectivity index (χ0n) is 17.3. The first kappa shape index (κ1) is 21.6. The monoisotopic (exact) mass is 494 g/mol. The summed E-state index contributed by atoms with van der Waals surface area (Å²) in [5.41, 5.74) is 1.26. The summed E-state index contributed by atoms with van der Waals surface area (Å²) in [7, 11) is -2.34. The number of hydrogen-bond acceptors (Lipinski definition) is 7. The van der Waals surface area contributed by atoms with Gasteiger partial charge in [0.05, 0.1) is 32.8 Å². The molecule has 1 heterocycles. The van der Waals surface area contributed by atoms with Crippen molar-refractivity contribution in [1.29, 1.82) is 0 Å². The number of nitrogens with one attached hydrogen (secondary N) is 1. The van der Waals surface area contributed by atoms with Crippen LogP contribution in [0.4, 0.5) is 5.69 Å². The quantitative estimate of drug-likeness (QED) is 0.277. The summed E-state index contributed by atoms with van der Waals surface area (Å²) in [5, 5.41) is 12.1. The number of thiazole rings is 1. The van der Waals surface area contributed by atoms with Gasteiger partial charge in [0, 0.05) is 10.8 Å². The zero-order valence-corrected chi connectivity index (χ0v) is 19.8. The molecule has 0 aliphatic heterocycles. The average molecular weight is 495 g/mol. The number of nitrogens with zero attached hydrogens (tertiary/aromatic N) is 1. The Bertz CT molecular complexity index is 1550. The molecule has 0 saturated heterocycles. The van der Waals surface area contributed by atoms with Crippen LogP contribution < -0.4 is 9.46 Å². The van der Waals surface area contributed by atoms with E-state index in [1.165, 1.54) is 42.3 Å². The lowest BCUT2D eigenvalue weighted by molar-refractivity contribution is 0.414.